The molecule has 1 rings (SSSR count). The maximum Gasteiger partial charge on any atom is 0.180 e. The molecule has 0 fully saturated rings. The summed E-state index contributed by atoms with van der Waals surface area (Å²) >= 11 is 0. The molecule has 70 valence electrons. The molecule has 13 heavy (non-hydrogen) atoms. The van der Waals surface area contributed by atoms with E-state index < -0.39 is 5.54 Å². The number of rotatable bonds is 3. The van der Waals surface area contributed by atoms with Crippen molar-refractivity contribution in [2.24, 2.45) is 5.18 Å². The van der Waals surface area contributed by atoms with Gasteiger partial charge in [0.05, 0.1) is 0 Å². The Balaban J connectivity index is 2.75. The minimum Gasteiger partial charge on any atom is -0.619 e. The molecule has 0 spiro atoms. The SMILES string of the molecule is CC(C)(Cc1cc[n+]([O-])cc1)N=O. The van der Waals surface area contributed by atoms with Gasteiger partial charge in [-0.25, -0.2) is 0 Å². The van der Waals surface area contributed by atoms with E-state index in [-0.39, 0.29) is 0 Å². The molecule has 0 saturated heterocycles. The van der Waals surface area contributed by atoms with Gasteiger partial charge in [-0.1, -0.05) is 5.18 Å². The van der Waals surface area contributed by atoms with Gasteiger partial charge >= 0.3 is 0 Å². The van der Waals surface area contributed by atoms with E-state index in [2.05, 4.69) is 5.18 Å². The maximum absolute atomic E-state index is 10.7. The van der Waals surface area contributed by atoms with Gasteiger partial charge in [0.2, 0.25) is 0 Å². The number of hydrogen-bond acceptors (Lipinski definition) is 3. The average Bonchev–Trinajstić information content (AvgIpc) is 2.09. The topological polar surface area (TPSA) is 56.4 Å². The highest BCUT2D eigenvalue weighted by Gasteiger charge is 2.18. The van der Waals surface area contributed by atoms with E-state index in [1.807, 2.05) is 0 Å². The Morgan fingerprint density at radius 2 is 2.00 bits per heavy atom. The Bertz CT molecular complexity index is 293. The molecule has 1 aromatic heterocycles. The largest absolute Gasteiger partial charge is 0.619 e. The van der Waals surface area contributed by atoms with Crippen LogP contribution < -0.4 is 4.73 Å². The Morgan fingerprint density at radius 3 is 2.46 bits per heavy atom. The molecule has 1 aromatic rings. The number of aromatic nitrogens is 1. The summed E-state index contributed by atoms with van der Waals surface area (Å²) in [7, 11) is 0. The minimum atomic E-state index is -0.602. The zero-order chi connectivity index (χ0) is 9.90. The van der Waals surface area contributed by atoms with Gasteiger partial charge in [-0.2, -0.15) is 9.64 Å². The van der Waals surface area contributed by atoms with E-state index >= 15 is 0 Å². The first kappa shape index (κ1) is 9.64. The molecule has 0 bridgehead atoms. The van der Waals surface area contributed by atoms with Gasteiger partial charge in [-0.15, -0.1) is 0 Å². The predicted molar refractivity (Wildman–Crippen MR) is 49.0 cm³/mol. The number of hydrogen-bond donors (Lipinski definition) is 0. The number of nitroso groups, excluding NO2 is 1. The molecule has 0 aromatic carbocycles. The fourth-order valence-electron chi connectivity index (χ4n) is 1.09. The first-order chi connectivity index (χ1) is 6.03. The fraction of sp³-hybridized carbons (Fsp3) is 0.444. The maximum atomic E-state index is 10.7. The predicted octanol–water partition coefficient (Wildman–Crippen LogP) is 1.41. The highest BCUT2D eigenvalue weighted by Crippen LogP contribution is 2.15. The highest BCUT2D eigenvalue weighted by molar-refractivity contribution is 5.11. The Hall–Kier alpha value is -1.45. The van der Waals surface area contributed by atoms with Gasteiger partial charge in [-0.05, 0) is 19.4 Å². The summed E-state index contributed by atoms with van der Waals surface area (Å²) in [5.41, 5.74) is 0.339. The third kappa shape index (κ3) is 2.82. The van der Waals surface area contributed by atoms with Gasteiger partial charge in [-0.3, -0.25) is 0 Å². The van der Waals surface area contributed by atoms with Gasteiger partial charge in [0, 0.05) is 18.6 Å². The third-order valence-electron chi connectivity index (χ3n) is 1.75. The molecule has 0 aliphatic rings. The molecule has 0 amide bonds. The zero-order valence-electron chi connectivity index (χ0n) is 7.73. The van der Waals surface area contributed by atoms with E-state index in [4.69, 9.17) is 0 Å². The quantitative estimate of drug-likeness (QED) is 0.401. The van der Waals surface area contributed by atoms with Crippen LogP contribution in [0.2, 0.25) is 0 Å². The van der Waals surface area contributed by atoms with Crippen LogP contribution in [0.5, 0.6) is 0 Å². The van der Waals surface area contributed by atoms with Gasteiger partial charge in [0.25, 0.3) is 0 Å². The van der Waals surface area contributed by atoms with Crippen LogP contribution >= 0.6 is 0 Å². The second kappa shape index (κ2) is 3.51. The number of nitrogens with zero attached hydrogens (tertiary/aromatic N) is 2. The summed E-state index contributed by atoms with van der Waals surface area (Å²) in [6, 6.07) is 3.39. The van der Waals surface area contributed by atoms with E-state index in [9.17, 15) is 10.1 Å². The van der Waals surface area contributed by atoms with Crippen molar-refractivity contribution >= 4 is 0 Å². The van der Waals surface area contributed by atoms with Crippen molar-refractivity contribution in [3.63, 3.8) is 0 Å². The summed E-state index contributed by atoms with van der Waals surface area (Å²) < 4.78 is 0.713. The van der Waals surface area contributed by atoms with Crippen LogP contribution in [0.4, 0.5) is 0 Å². The van der Waals surface area contributed by atoms with Crippen molar-refractivity contribution in [3.8, 4) is 0 Å². The molecule has 0 atom stereocenters. The molecule has 0 N–H and O–H groups in total. The molecule has 0 saturated carbocycles. The Labute approximate surface area is 76.8 Å². The van der Waals surface area contributed by atoms with E-state index in [0.29, 0.717) is 11.2 Å². The second-order valence-electron chi connectivity index (χ2n) is 3.65. The molecule has 4 nitrogen and oxygen atoms in total. The Kier molecular flexibility index (Phi) is 2.60. The third-order valence-corrected chi connectivity index (χ3v) is 1.75. The molecule has 0 aliphatic carbocycles. The van der Waals surface area contributed by atoms with Crippen LogP contribution in [0.15, 0.2) is 29.7 Å². The highest BCUT2D eigenvalue weighted by atomic mass is 16.5. The summed E-state index contributed by atoms with van der Waals surface area (Å²) in [4.78, 5) is 10.4. The van der Waals surface area contributed by atoms with E-state index in [0.717, 1.165) is 5.56 Å². The standard InChI is InChI=1S/C9H12N2O2/c1-9(2,10-12)7-8-3-5-11(13)6-4-8/h3-6H,7H2,1-2H3. The fourth-order valence-corrected chi connectivity index (χ4v) is 1.09. The smallest absolute Gasteiger partial charge is 0.180 e. The molecule has 0 radical (unpaired) electrons. The van der Waals surface area contributed by atoms with Crippen LogP contribution in [0.1, 0.15) is 19.4 Å². The lowest BCUT2D eigenvalue weighted by Crippen LogP contribution is -2.25. The molecule has 4 heteroatoms. The molecule has 1 heterocycles. The van der Waals surface area contributed by atoms with Crippen LogP contribution in [0.25, 0.3) is 0 Å². The summed E-state index contributed by atoms with van der Waals surface area (Å²) in [6.07, 6.45) is 3.38. The lowest BCUT2D eigenvalue weighted by molar-refractivity contribution is -0.605. The van der Waals surface area contributed by atoms with E-state index in [1.54, 1.807) is 26.0 Å². The summed E-state index contributed by atoms with van der Waals surface area (Å²) in [5.74, 6) is 0. The zero-order valence-corrected chi connectivity index (χ0v) is 7.73. The van der Waals surface area contributed by atoms with Crippen LogP contribution in [-0.4, -0.2) is 5.54 Å². The van der Waals surface area contributed by atoms with Crippen molar-refractivity contribution in [2.75, 3.05) is 0 Å². The van der Waals surface area contributed by atoms with E-state index in [1.165, 1.54) is 12.4 Å². The van der Waals surface area contributed by atoms with Gasteiger partial charge < -0.3 is 5.21 Å². The van der Waals surface area contributed by atoms with Crippen molar-refractivity contribution in [1.82, 2.24) is 0 Å². The first-order valence-corrected chi connectivity index (χ1v) is 4.06. The first-order valence-electron chi connectivity index (χ1n) is 4.06. The normalized spacial score (nSPS) is 11.2. The molecule has 0 aliphatic heterocycles. The molecule has 0 unspecified atom stereocenters. The lowest BCUT2D eigenvalue weighted by Gasteiger charge is -2.14. The van der Waals surface area contributed by atoms with Crippen LogP contribution in [0.3, 0.4) is 0 Å². The minimum absolute atomic E-state index is 0.553. The molecular weight excluding hydrogens is 168 g/mol. The van der Waals surface area contributed by atoms with Crippen molar-refractivity contribution < 1.29 is 4.73 Å². The van der Waals surface area contributed by atoms with Gasteiger partial charge in [0.1, 0.15) is 5.54 Å². The monoisotopic (exact) mass is 180 g/mol. The van der Waals surface area contributed by atoms with Crippen molar-refractivity contribution in [3.05, 3.63) is 40.2 Å². The molecular formula is C9H12N2O2. The van der Waals surface area contributed by atoms with Crippen molar-refractivity contribution in [1.29, 1.82) is 0 Å². The van der Waals surface area contributed by atoms with Gasteiger partial charge in [0.15, 0.2) is 12.4 Å². The van der Waals surface area contributed by atoms with Crippen LogP contribution in [-0.2, 0) is 6.42 Å². The van der Waals surface area contributed by atoms with Crippen molar-refractivity contribution in [2.45, 2.75) is 25.8 Å². The average molecular weight is 180 g/mol. The lowest BCUT2D eigenvalue weighted by atomic mass is 9.97. The Morgan fingerprint density at radius 1 is 1.46 bits per heavy atom. The van der Waals surface area contributed by atoms with Crippen LogP contribution in [0, 0.1) is 10.1 Å². The summed E-state index contributed by atoms with van der Waals surface area (Å²) in [5, 5.41) is 13.7. The summed E-state index contributed by atoms with van der Waals surface area (Å²) in [6.45, 7) is 3.52. The second-order valence-corrected chi connectivity index (χ2v) is 3.65. The number of pyridine rings is 1.